The van der Waals surface area contributed by atoms with Crippen molar-refractivity contribution in [3.05, 3.63) is 29.8 Å². The summed E-state index contributed by atoms with van der Waals surface area (Å²) in [4.78, 5) is 0. The van der Waals surface area contributed by atoms with Crippen molar-refractivity contribution >= 4 is 31.0 Å². The molecule has 0 spiro atoms. The number of phosphoric ester groups is 1. The van der Waals surface area contributed by atoms with E-state index in [9.17, 15) is 4.57 Å². The van der Waals surface area contributed by atoms with Gasteiger partial charge in [0.1, 0.15) is 5.75 Å². The van der Waals surface area contributed by atoms with Crippen molar-refractivity contribution in [1.82, 2.24) is 0 Å². The summed E-state index contributed by atoms with van der Waals surface area (Å²) in [6.45, 7) is 6.48. The fourth-order valence-corrected chi connectivity index (χ4v) is 3.09. The Morgan fingerprint density at radius 1 is 1.00 bits per heavy atom. The molecular formula is C14H21Cl2O4P. The summed E-state index contributed by atoms with van der Waals surface area (Å²) in [5.41, 5.74) is 1.18. The van der Waals surface area contributed by atoms with Gasteiger partial charge in [0.25, 0.3) is 0 Å². The smallest absolute Gasteiger partial charge is 0.404 e. The topological polar surface area (TPSA) is 44.8 Å². The zero-order chi connectivity index (χ0) is 15.9. The molecule has 1 aromatic rings. The second kappa shape index (κ2) is 8.40. The van der Waals surface area contributed by atoms with Gasteiger partial charge in [-0.05, 0) is 23.1 Å². The normalized spacial score (nSPS) is 12.4. The highest BCUT2D eigenvalue weighted by molar-refractivity contribution is 7.48. The largest absolute Gasteiger partial charge is 0.530 e. The highest BCUT2D eigenvalue weighted by Crippen LogP contribution is 2.49. The molecule has 0 unspecified atom stereocenters. The van der Waals surface area contributed by atoms with Gasteiger partial charge in [-0.2, -0.15) is 0 Å². The van der Waals surface area contributed by atoms with E-state index in [1.807, 2.05) is 12.1 Å². The maximum absolute atomic E-state index is 12.4. The molecule has 0 aliphatic heterocycles. The molecule has 21 heavy (non-hydrogen) atoms. The van der Waals surface area contributed by atoms with Crippen LogP contribution < -0.4 is 4.52 Å². The summed E-state index contributed by atoms with van der Waals surface area (Å²) in [5, 5.41) is 0. The number of hydrogen-bond donors (Lipinski definition) is 0. The minimum Gasteiger partial charge on any atom is -0.404 e. The van der Waals surface area contributed by atoms with Crippen molar-refractivity contribution in [1.29, 1.82) is 0 Å². The molecule has 0 N–H and O–H groups in total. The summed E-state index contributed by atoms with van der Waals surface area (Å²) >= 11 is 11.1. The predicted octanol–water partition coefficient (Wildman–Crippen LogP) is 4.98. The molecule has 4 nitrogen and oxygen atoms in total. The highest BCUT2D eigenvalue weighted by Gasteiger charge is 2.28. The third kappa shape index (κ3) is 6.58. The average Bonchev–Trinajstić information content (AvgIpc) is 2.43. The van der Waals surface area contributed by atoms with Gasteiger partial charge in [0.2, 0.25) is 0 Å². The van der Waals surface area contributed by atoms with E-state index in [1.165, 1.54) is 0 Å². The molecule has 0 amide bonds. The maximum atomic E-state index is 12.4. The number of rotatable bonds is 8. The second-order valence-corrected chi connectivity index (χ2v) is 7.71. The van der Waals surface area contributed by atoms with E-state index < -0.39 is 7.82 Å². The van der Waals surface area contributed by atoms with Crippen LogP contribution in [0, 0.1) is 0 Å². The number of hydrogen-bond acceptors (Lipinski definition) is 4. The lowest BCUT2D eigenvalue weighted by molar-refractivity contribution is 0.169. The monoisotopic (exact) mass is 354 g/mol. The van der Waals surface area contributed by atoms with Crippen molar-refractivity contribution in [2.24, 2.45) is 0 Å². The number of phosphoric acid groups is 1. The number of halogens is 2. The van der Waals surface area contributed by atoms with E-state index in [-0.39, 0.29) is 30.4 Å². The Morgan fingerprint density at radius 2 is 1.48 bits per heavy atom. The van der Waals surface area contributed by atoms with E-state index in [2.05, 4.69) is 20.8 Å². The molecule has 0 aliphatic carbocycles. The zero-order valence-corrected chi connectivity index (χ0v) is 14.9. The molecule has 0 bridgehead atoms. The Balaban J connectivity index is 2.80. The lowest BCUT2D eigenvalue weighted by Gasteiger charge is -2.20. The molecule has 120 valence electrons. The van der Waals surface area contributed by atoms with E-state index in [0.29, 0.717) is 5.75 Å². The quantitative estimate of drug-likeness (QED) is 0.487. The predicted molar refractivity (Wildman–Crippen MR) is 86.7 cm³/mol. The third-order valence-electron chi connectivity index (χ3n) is 2.59. The van der Waals surface area contributed by atoms with Crippen LogP contribution in [0.3, 0.4) is 0 Å². The average molecular weight is 355 g/mol. The van der Waals surface area contributed by atoms with E-state index >= 15 is 0 Å². The molecule has 1 rings (SSSR count). The van der Waals surface area contributed by atoms with Crippen molar-refractivity contribution in [3.8, 4) is 5.75 Å². The first kappa shape index (κ1) is 18.8. The molecular weight excluding hydrogens is 334 g/mol. The van der Waals surface area contributed by atoms with Crippen LogP contribution in [0.2, 0.25) is 0 Å². The Morgan fingerprint density at radius 3 is 1.86 bits per heavy atom. The van der Waals surface area contributed by atoms with Crippen LogP contribution in [0.15, 0.2) is 24.3 Å². The van der Waals surface area contributed by atoms with Crippen molar-refractivity contribution in [2.75, 3.05) is 25.0 Å². The van der Waals surface area contributed by atoms with Crippen LogP contribution in [0.1, 0.15) is 26.3 Å². The van der Waals surface area contributed by atoms with E-state index in [1.54, 1.807) is 12.1 Å². The second-order valence-electron chi connectivity index (χ2n) is 5.36. The van der Waals surface area contributed by atoms with Crippen LogP contribution >= 0.6 is 31.0 Å². The molecule has 0 atom stereocenters. The van der Waals surface area contributed by atoms with Gasteiger partial charge in [-0.25, -0.2) is 4.57 Å². The fraction of sp³-hybridized carbons (Fsp3) is 0.571. The van der Waals surface area contributed by atoms with Gasteiger partial charge >= 0.3 is 7.82 Å². The number of benzene rings is 1. The first-order valence-corrected chi connectivity index (χ1v) is 9.15. The molecule has 0 saturated heterocycles. The third-order valence-corrected chi connectivity index (χ3v) is 4.33. The summed E-state index contributed by atoms with van der Waals surface area (Å²) in [6, 6.07) is 7.31. The minimum absolute atomic E-state index is 0.0342. The van der Waals surface area contributed by atoms with Crippen molar-refractivity contribution in [3.63, 3.8) is 0 Å². The molecule has 1 aromatic carbocycles. The summed E-state index contributed by atoms with van der Waals surface area (Å²) in [5.74, 6) is 0.802. The molecule has 0 aliphatic rings. The van der Waals surface area contributed by atoms with Crippen LogP contribution in [0.4, 0.5) is 0 Å². The van der Waals surface area contributed by atoms with Gasteiger partial charge in [0.05, 0.1) is 13.2 Å². The van der Waals surface area contributed by atoms with E-state index in [0.717, 1.165) is 5.56 Å². The first-order chi connectivity index (χ1) is 9.80. The van der Waals surface area contributed by atoms with Crippen LogP contribution in [-0.2, 0) is 19.0 Å². The molecule has 0 radical (unpaired) electrons. The van der Waals surface area contributed by atoms with Gasteiger partial charge in [-0.15, -0.1) is 23.2 Å². The lowest BCUT2D eigenvalue weighted by Crippen LogP contribution is -2.10. The fourth-order valence-electron chi connectivity index (χ4n) is 1.53. The Hall–Kier alpha value is -0.250. The molecule has 0 fully saturated rings. The van der Waals surface area contributed by atoms with Crippen LogP contribution in [0.5, 0.6) is 5.75 Å². The summed E-state index contributed by atoms with van der Waals surface area (Å²) < 4.78 is 28.0. The lowest BCUT2D eigenvalue weighted by atomic mass is 9.87. The summed E-state index contributed by atoms with van der Waals surface area (Å²) in [6.07, 6.45) is 0. The van der Waals surface area contributed by atoms with E-state index in [4.69, 9.17) is 36.8 Å². The first-order valence-electron chi connectivity index (χ1n) is 6.62. The Bertz CT molecular complexity index is 459. The maximum Gasteiger partial charge on any atom is 0.530 e. The van der Waals surface area contributed by atoms with Gasteiger partial charge in [-0.1, -0.05) is 32.9 Å². The van der Waals surface area contributed by atoms with Gasteiger partial charge < -0.3 is 4.52 Å². The molecule has 0 heterocycles. The molecule has 0 saturated carbocycles. The Labute approximate surface area is 136 Å². The SMILES string of the molecule is CC(C)(C)c1ccc(OP(=O)(OCCCl)OCCCl)cc1. The van der Waals surface area contributed by atoms with Crippen molar-refractivity contribution < 1.29 is 18.1 Å². The Kier molecular flexibility index (Phi) is 7.52. The highest BCUT2D eigenvalue weighted by atomic mass is 35.5. The number of alkyl halides is 2. The van der Waals surface area contributed by atoms with Gasteiger partial charge in [-0.3, -0.25) is 9.05 Å². The van der Waals surface area contributed by atoms with Crippen LogP contribution in [-0.4, -0.2) is 25.0 Å². The molecule has 0 aromatic heterocycles. The molecule has 7 heteroatoms. The van der Waals surface area contributed by atoms with Crippen molar-refractivity contribution in [2.45, 2.75) is 26.2 Å². The summed E-state index contributed by atoms with van der Waals surface area (Å²) in [7, 11) is -3.70. The minimum atomic E-state index is -3.70. The zero-order valence-electron chi connectivity index (χ0n) is 12.5. The van der Waals surface area contributed by atoms with Gasteiger partial charge in [0, 0.05) is 11.8 Å². The standard InChI is InChI=1S/C14H21Cl2O4P/c1-14(2,3)12-4-6-13(7-5-12)20-21(17,18-10-8-15)19-11-9-16/h4-7H,8-11H2,1-3H3. The van der Waals surface area contributed by atoms with Gasteiger partial charge in [0.15, 0.2) is 0 Å². The van der Waals surface area contributed by atoms with Crippen LogP contribution in [0.25, 0.3) is 0 Å².